The Balaban J connectivity index is 0.00000121. The van der Waals surface area contributed by atoms with Crippen molar-refractivity contribution >= 4 is 30.7 Å². The first kappa shape index (κ1) is 20.5. The molecule has 7 heteroatoms. The van der Waals surface area contributed by atoms with Gasteiger partial charge in [0.15, 0.2) is 0 Å². The lowest BCUT2D eigenvalue weighted by atomic mass is 9.99. The van der Waals surface area contributed by atoms with Gasteiger partial charge in [-0.15, -0.1) is 24.8 Å². The molecule has 1 amide bonds. The first-order chi connectivity index (χ1) is 11.8. The van der Waals surface area contributed by atoms with Crippen LogP contribution in [0.5, 0.6) is 11.5 Å². The number of nitrogens with one attached hydrogen (secondary N) is 2. The molecule has 3 heterocycles. The van der Waals surface area contributed by atoms with Crippen LogP contribution in [0.3, 0.4) is 0 Å². The summed E-state index contributed by atoms with van der Waals surface area (Å²) >= 11 is 0. The number of fused-ring (bicyclic) bond motifs is 2. The van der Waals surface area contributed by atoms with E-state index in [0.29, 0.717) is 29.1 Å². The Morgan fingerprint density at radius 2 is 1.73 bits per heavy atom. The molecule has 2 N–H and O–H groups in total. The molecule has 2 saturated heterocycles. The number of carbonyl (C=O) groups is 1. The van der Waals surface area contributed by atoms with Gasteiger partial charge in [0.05, 0.1) is 0 Å². The van der Waals surface area contributed by atoms with Gasteiger partial charge in [0.2, 0.25) is 0 Å². The van der Waals surface area contributed by atoms with E-state index in [0.717, 1.165) is 12.8 Å². The second-order valence-corrected chi connectivity index (χ2v) is 6.59. The molecule has 2 unspecified atom stereocenters. The topological polar surface area (TPSA) is 63.2 Å². The van der Waals surface area contributed by atoms with Crippen LogP contribution >= 0.6 is 24.8 Å². The summed E-state index contributed by atoms with van der Waals surface area (Å²) in [4.78, 5) is 16.5. The Labute approximate surface area is 165 Å². The second kappa shape index (κ2) is 9.21. The van der Waals surface area contributed by atoms with E-state index in [9.17, 15) is 4.79 Å². The van der Waals surface area contributed by atoms with Crippen LogP contribution in [-0.2, 0) is 0 Å². The Kier molecular flexibility index (Phi) is 7.26. The number of amides is 1. The summed E-state index contributed by atoms with van der Waals surface area (Å²) in [7, 11) is 0. The fraction of sp³-hybridized carbons (Fsp3) is 0.368. The van der Waals surface area contributed by atoms with E-state index in [1.54, 1.807) is 30.6 Å². The first-order valence-electron chi connectivity index (χ1n) is 8.51. The van der Waals surface area contributed by atoms with Crippen molar-refractivity contribution in [2.24, 2.45) is 0 Å². The number of carbonyl (C=O) groups excluding carboxylic acids is 1. The summed E-state index contributed by atoms with van der Waals surface area (Å²) in [5.41, 5.74) is 0.632. The number of benzene rings is 1. The minimum atomic E-state index is -0.0264. The van der Waals surface area contributed by atoms with Crippen molar-refractivity contribution in [3.63, 3.8) is 0 Å². The monoisotopic (exact) mass is 395 g/mol. The molecule has 2 aliphatic heterocycles. The van der Waals surface area contributed by atoms with Crippen LogP contribution in [0.4, 0.5) is 0 Å². The lowest BCUT2D eigenvalue weighted by Crippen LogP contribution is -2.48. The number of aromatic nitrogens is 1. The van der Waals surface area contributed by atoms with Crippen LogP contribution in [0.1, 0.15) is 36.0 Å². The van der Waals surface area contributed by atoms with Crippen LogP contribution in [0.15, 0.2) is 48.8 Å². The normalized spacial score (nSPS) is 23.3. The molecule has 2 bridgehead atoms. The molecular formula is C19H23Cl2N3O2. The number of hydrogen-bond acceptors (Lipinski definition) is 4. The molecular weight excluding hydrogens is 373 g/mol. The van der Waals surface area contributed by atoms with Crippen LogP contribution in [0.2, 0.25) is 0 Å². The van der Waals surface area contributed by atoms with Gasteiger partial charge in [-0.05, 0) is 56.0 Å². The predicted octanol–water partition coefficient (Wildman–Crippen LogP) is 3.73. The number of nitrogens with zero attached hydrogens (tertiary/aromatic N) is 1. The third-order valence-corrected chi connectivity index (χ3v) is 4.79. The van der Waals surface area contributed by atoms with Crippen molar-refractivity contribution in [3.8, 4) is 11.5 Å². The third kappa shape index (κ3) is 4.87. The Hall–Kier alpha value is -1.82. The van der Waals surface area contributed by atoms with Crippen molar-refractivity contribution in [1.82, 2.24) is 15.6 Å². The fourth-order valence-electron chi connectivity index (χ4n) is 3.69. The smallest absolute Gasteiger partial charge is 0.251 e. The lowest BCUT2D eigenvalue weighted by Gasteiger charge is -2.29. The molecule has 1 aromatic carbocycles. The zero-order valence-corrected chi connectivity index (χ0v) is 15.9. The van der Waals surface area contributed by atoms with Gasteiger partial charge in [-0.25, -0.2) is 0 Å². The van der Waals surface area contributed by atoms with Crippen LogP contribution < -0.4 is 15.4 Å². The highest BCUT2D eigenvalue weighted by atomic mass is 35.5. The molecule has 0 aliphatic carbocycles. The molecule has 0 saturated carbocycles. The summed E-state index contributed by atoms with van der Waals surface area (Å²) < 4.78 is 5.77. The quantitative estimate of drug-likeness (QED) is 0.827. The average Bonchev–Trinajstić information content (AvgIpc) is 2.94. The maximum atomic E-state index is 12.6. The maximum Gasteiger partial charge on any atom is 0.251 e. The van der Waals surface area contributed by atoms with Gasteiger partial charge in [-0.2, -0.15) is 0 Å². The summed E-state index contributed by atoms with van der Waals surface area (Å²) in [5, 5.41) is 6.78. The zero-order valence-electron chi connectivity index (χ0n) is 14.3. The van der Waals surface area contributed by atoms with Crippen LogP contribution in [0.25, 0.3) is 0 Å². The van der Waals surface area contributed by atoms with Crippen LogP contribution in [-0.4, -0.2) is 29.0 Å². The summed E-state index contributed by atoms with van der Waals surface area (Å²) in [6.45, 7) is 0. The molecule has 2 atom stereocenters. The highest BCUT2D eigenvalue weighted by Gasteiger charge is 2.34. The number of piperidine rings is 1. The maximum absolute atomic E-state index is 12.6. The van der Waals surface area contributed by atoms with E-state index in [1.807, 2.05) is 18.2 Å². The van der Waals surface area contributed by atoms with E-state index in [4.69, 9.17) is 4.74 Å². The zero-order chi connectivity index (χ0) is 16.4. The molecule has 0 radical (unpaired) electrons. The van der Waals surface area contributed by atoms with E-state index in [2.05, 4.69) is 15.6 Å². The number of pyridine rings is 1. The molecule has 26 heavy (non-hydrogen) atoms. The summed E-state index contributed by atoms with van der Waals surface area (Å²) in [6, 6.07) is 12.3. The van der Waals surface area contributed by atoms with Gasteiger partial charge < -0.3 is 15.4 Å². The number of hydrogen-bond donors (Lipinski definition) is 2. The molecule has 5 nitrogen and oxygen atoms in total. The lowest BCUT2D eigenvalue weighted by molar-refractivity contribution is 0.0923. The van der Waals surface area contributed by atoms with E-state index in [1.165, 1.54) is 12.8 Å². The largest absolute Gasteiger partial charge is 0.457 e. The van der Waals surface area contributed by atoms with Crippen molar-refractivity contribution < 1.29 is 9.53 Å². The molecule has 140 valence electrons. The second-order valence-electron chi connectivity index (χ2n) is 6.59. The van der Waals surface area contributed by atoms with E-state index in [-0.39, 0.29) is 36.8 Å². The van der Waals surface area contributed by atoms with Crippen molar-refractivity contribution in [3.05, 3.63) is 54.4 Å². The van der Waals surface area contributed by atoms with E-state index >= 15 is 0 Å². The Morgan fingerprint density at radius 1 is 1.04 bits per heavy atom. The summed E-state index contributed by atoms with van der Waals surface area (Å²) in [6.07, 6.45) is 7.86. The molecule has 2 aromatic rings. The molecule has 1 aromatic heterocycles. The number of ether oxygens (including phenoxy) is 1. The Morgan fingerprint density at radius 3 is 2.42 bits per heavy atom. The minimum Gasteiger partial charge on any atom is -0.457 e. The van der Waals surface area contributed by atoms with Gasteiger partial charge in [-0.3, -0.25) is 9.78 Å². The SMILES string of the molecule is Cl.Cl.O=C(NC1CC2CCC(C1)N2)c1cccc(Oc2ccncc2)c1. The standard InChI is InChI=1S/C19H21N3O2.2ClH/c23-19(22-16-11-14-4-5-15(12-16)21-14)13-2-1-3-18(10-13)24-17-6-8-20-9-7-17;;/h1-3,6-10,14-16,21H,4-5,11-12H2,(H,22,23);2*1H. The van der Waals surface area contributed by atoms with Crippen LogP contribution in [0, 0.1) is 0 Å². The number of rotatable bonds is 4. The van der Waals surface area contributed by atoms with Gasteiger partial charge in [0, 0.05) is 36.1 Å². The predicted molar refractivity (Wildman–Crippen MR) is 106 cm³/mol. The van der Waals surface area contributed by atoms with Crippen molar-refractivity contribution in [2.75, 3.05) is 0 Å². The molecule has 2 fully saturated rings. The molecule has 0 spiro atoms. The van der Waals surface area contributed by atoms with Gasteiger partial charge >= 0.3 is 0 Å². The van der Waals surface area contributed by atoms with Gasteiger partial charge in [0.1, 0.15) is 11.5 Å². The first-order valence-corrected chi connectivity index (χ1v) is 8.51. The minimum absolute atomic E-state index is 0. The highest BCUT2D eigenvalue weighted by Crippen LogP contribution is 2.27. The third-order valence-electron chi connectivity index (χ3n) is 4.79. The van der Waals surface area contributed by atoms with Gasteiger partial charge in [0.25, 0.3) is 5.91 Å². The van der Waals surface area contributed by atoms with Gasteiger partial charge in [-0.1, -0.05) is 6.07 Å². The Bertz CT molecular complexity index is 718. The molecule has 4 rings (SSSR count). The fourth-order valence-corrected chi connectivity index (χ4v) is 3.69. The van der Waals surface area contributed by atoms with Crippen molar-refractivity contribution in [1.29, 1.82) is 0 Å². The summed E-state index contributed by atoms with van der Waals surface area (Å²) in [5.74, 6) is 1.33. The highest BCUT2D eigenvalue weighted by molar-refractivity contribution is 5.94. The number of halogens is 2. The van der Waals surface area contributed by atoms with Crippen molar-refractivity contribution in [2.45, 2.75) is 43.8 Å². The molecule has 2 aliphatic rings. The van der Waals surface area contributed by atoms with E-state index < -0.39 is 0 Å². The average molecular weight is 396 g/mol.